The monoisotopic (exact) mass is 311 g/mol. The molecule has 0 N–H and O–H groups in total. The predicted octanol–water partition coefficient (Wildman–Crippen LogP) is 3.75. The molecule has 0 aliphatic carbocycles. The summed E-state index contributed by atoms with van der Waals surface area (Å²) in [7, 11) is 0. The Labute approximate surface area is 136 Å². The van der Waals surface area contributed by atoms with Crippen molar-refractivity contribution in [3.05, 3.63) is 66.2 Å². The Hall–Kier alpha value is -2.33. The van der Waals surface area contributed by atoms with Gasteiger partial charge in [-0.1, -0.05) is 48.5 Å². The Bertz CT molecular complexity index is 642. The summed E-state index contributed by atoms with van der Waals surface area (Å²) in [5.41, 5.74) is 1.97. The van der Waals surface area contributed by atoms with Crippen molar-refractivity contribution in [1.82, 2.24) is 0 Å². The van der Waals surface area contributed by atoms with Crippen LogP contribution in [0.15, 0.2) is 60.7 Å². The number of para-hydroxylation sites is 1. The molecule has 120 valence electrons. The topological polar surface area (TPSA) is 38.8 Å². The van der Waals surface area contributed by atoms with Gasteiger partial charge in [0.25, 0.3) is 0 Å². The van der Waals surface area contributed by atoms with Gasteiger partial charge in [-0.2, -0.15) is 0 Å². The van der Waals surface area contributed by atoms with E-state index >= 15 is 0 Å². The predicted molar refractivity (Wildman–Crippen MR) is 88.8 cm³/mol. The first-order valence-corrected chi connectivity index (χ1v) is 7.89. The van der Waals surface area contributed by atoms with Crippen molar-refractivity contribution in [3.63, 3.8) is 0 Å². The van der Waals surface area contributed by atoms with Crippen LogP contribution < -0.4 is 5.06 Å². The summed E-state index contributed by atoms with van der Waals surface area (Å²) in [6, 6.07) is 19.6. The number of nitrogens with zero attached hydrogens (tertiary/aromatic N) is 1. The summed E-state index contributed by atoms with van der Waals surface area (Å²) in [6.45, 7) is 4.04. The lowest BCUT2D eigenvalue weighted by Gasteiger charge is -2.27. The Balaban J connectivity index is 1.94. The summed E-state index contributed by atoms with van der Waals surface area (Å²) in [6.07, 6.45) is -0.135. The minimum atomic E-state index is -0.347. The van der Waals surface area contributed by atoms with Crippen LogP contribution in [-0.2, 0) is 14.4 Å². The third-order valence-electron chi connectivity index (χ3n) is 3.83. The van der Waals surface area contributed by atoms with E-state index in [1.807, 2.05) is 79.6 Å². The molecule has 1 saturated heterocycles. The van der Waals surface area contributed by atoms with Crippen molar-refractivity contribution >= 4 is 11.7 Å². The fourth-order valence-electron chi connectivity index (χ4n) is 2.84. The summed E-state index contributed by atoms with van der Waals surface area (Å²) < 4.78 is 5.42. The van der Waals surface area contributed by atoms with Gasteiger partial charge in [0.05, 0.1) is 24.4 Å². The van der Waals surface area contributed by atoms with E-state index in [1.54, 1.807) is 0 Å². The largest absolute Gasteiger partial charge is 0.463 e. The molecule has 0 bridgehead atoms. The Morgan fingerprint density at radius 1 is 1.09 bits per heavy atom. The van der Waals surface area contributed by atoms with Crippen LogP contribution in [0.5, 0.6) is 0 Å². The highest BCUT2D eigenvalue weighted by Gasteiger charge is 2.42. The van der Waals surface area contributed by atoms with Crippen molar-refractivity contribution in [2.24, 2.45) is 5.92 Å². The number of hydrogen-bond donors (Lipinski definition) is 0. The van der Waals surface area contributed by atoms with Crippen molar-refractivity contribution in [2.45, 2.75) is 26.0 Å². The van der Waals surface area contributed by atoms with E-state index in [9.17, 15) is 4.79 Å². The van der Waals surface area contributed by atoms with Crippen LogP contribution in [0.25, 0.3) is 0 Å². The van der Waals surface area contributed by atoms with Crippen LogP contribution in [0.3, 0.4) is 0 Å². The molecule has 0 spiro atoms. The van der Waals surface area contributed by atoms with Crippen LogP contribution in [-0.4, -0.2) is 18.7 Å². The van der Waals surface area contributed by atoms with Crippen LogP contribution in [0.2, 0.25) is 0 Å². The Morgan fingerprint density at radius 2 is 1.70 bits per heavy atom. The number of carbonyl (C=O) groups excluding carboxylic acids is 1. The summed E-state index contributed by atoms with van der Waals surface area (Å²) in [4.78, 5) is 18.3. The second-order valence-corrected chi connectivity index (χ2v) is 5.90. The molecule has 3 rings (SSSR count). The van der Waals surface area contributed by atoms with Gasteiger partial charge in [0.15, 0.2) is 0 Å². The number of ether oxygens (including phenoxy) is 1. The van der Waals surface area contributed by atoms with Gasteiger partial charge in [-0.3, -0.25) is 9.63 Å². The van der Waals surface area contributed by atoms with E-state index in [-0.39, 0.29) is 24.0 Å². The zero-order valence-corrected chi connectivity index (χ0v) is 13.4. The normalized spacial score (nSPS) is 20.7. The number of carbonyl (C=O) groups is 1. The smallest absolute Gasteiger partial charge is 0.314 e. The van der Waals surface area contributed by atoms with Gasteiger partial charge in [0, 0.05) is 0 Å². The minimum absolute atomic E-state index is 0.135. The highest BCUT2D eigenvalue weighted by molar-refractivity contribution is 5.75. The second kappa shape index (κ2) is 6.84. The Morgan fingerprint density at radius 3 is 2.30 bits per heavy atom. The molecule has 1 aliphatic rings. The molecule has 2 atom stereocenters. The average molecular weight is 311 g/mol. The first-order chi connectivity index (χ1) is 11.2. The number of hydroxylamine groups is 1. The number of anilines is 1. The molecule has 1 aliphatic heterocycles. The molecular formula is C19H21NO3. The third kappa shape index (κ3) is 3.37. The number of rotatable bonds is 4. The highest BCUT2D eigenvalue weighted by atomic mass is 16.7. The van der Waals surface area contributed by atoms with Gasteiger partial charge in [0.2, 0.25) is 0 Å². The maximum Gasteiger partial charge on any atom is 0.314 e. The number of hydrogen-bond acceptors (Lipinski definition) is 4. The van der Waals surface area contributed by atoms with Crippen molar-refractivity contribution in [1.29, 1.82) is 0 Å². The molecule has 0 radical (unpaired) electrons. The number of esters is 1. The van der Waals surface area contributed by atoms with Crippen molar-refractivity contribution in [3.8, 4) is 0 Å². The van der Waals surface area contributed by atoms with Gasteiger partial charge in [0.1, 0.15) is 5.92 Å². The SMILES string of the molecule is CC(C)OC(=O)[C@H]1CON(c2ccccc2)[C@H]1c1ccccc1. The molecule has 0 amide bonds. The molecular weight excluding hydrogens is 290 g/mol. The van der Waals surface area contributed by atoms with E-state index in [0.717, 1.165) is 11.3 Å². The van der Waals surface area contributed by atoms with Gasteiger partial charge in [-0.05, 0) is 31.5 Å². The van der Waals surface area contributed by atoms with E-state index < -0.39 is 0 Å². The molecule has 2 aromatic carbocycles. The highest BCUT2D eigenvalue weighted by Crippen LogP contribution is 2.39. The number of benzene rings is 2. The molecule has 0 unspecified atom stereocenters. The van der Waals surface area contributed by atoms with Crippen molar-refractivity contribution < 1.29 is 14.4 Å². The second-order valence-electron chi connectivity index (χ2n) is 5.90. The molecule has 0 aromatic heterocycles. The minimum Gasteiger partial charge on any atom is -0.463 e. The quantitative estimate of drug-likeness (QED) is 0.806. The van der Waals surface area contributed by atoms with Crippen LogP contribution in [0, 0.1) is 5.92 Å². The average Bonchev–Trinajstić information content (AvgIpc) is 3.01. The van der Waals surface area contributed by atoms with Gasteiger partial charge in [-0.15, -0.1) is 0 Å². The molecule has 4 nitrogen and oxygen atoms in total. The van der Waals surface area contributed by atoms with Crippen LogP contribution in [0.1, 0.15) is 25.5 Å². The van der Waals surface area contributed by atoms with Gasteiger partial charge in [-0.25, -0.2) is 5.06 Å². The maximum atomic E-state index is 12.5. The molecule has 23 heavy (non-hydrogen) atoms. The van der Waals surface area contributed by atoms with Crippen LogP contribution in [0.4, 0.5) is 5.69 Å². The molecule has 0 saturated carbocycles. The van der Waals surface area contributed by atoms with Gasteiger partial charge < -0.3 is 4.74 Å². The Kier molecular flexibility index (Phi) is 4.63. The van der Waals surface area contributed by atoms with Gasteiger partial charge >= 0.3 is 5.97 Å². The van der Waals surface area contributed by atoms with Crippen LogP contribution >= 0.6 is 0 Å². The molecule has 1 heterocycles. The third-order valence-corrected chi connectivity index (χ3v) is 3.83. The lowest BCUT2D eigenvalue weighted by atomic mass is 9.94. The summed E-state index contributed by atoms with van der Waals surface area (Å²) in [5, 5.41) is 1.82. The first-order valence-electron chi connectivity index (χ1n) is 7.89. The molecule has 4 heteroatoms. The fraction of sp³-hybridized carbons (Fsp3) is 0.316. The lowest BCUT2D eigenvalue weighted by molar-refractivity contribution is -0.152. The van der Waals surface area contributed by atoms with E-state index in [4.69, 9.17) is 9.57 Å². The van der Waals surface area contributed by atoms with Crippen molar-refractivity contribution in [2.75, 3.05) is 11.7 Å². The van der Waals surface area contributed by atoms with E-state index in [0.29, 0.717) is 6.61 Å². The molecule has 1 fully saturated rings. The van der Waals surface area contributed by atoms with E-state index in [1.165, 1.54) is 0 Å². The first kappa shape index (κ1) is 15.6. The zero-order valence-electron chi connectivity index (χ0n) is 13.4. The summed E-state index contributed by atoms with van der Waals surface area (Å²) >= 11 is 0. The standard InChI is InChI=1S/C19H21NO3/c1-14(2)23-19(21)17-13-22-20(16-11-7-4-8-12-16)18(17)15-9-5-3-6-10-15/h3-12,14,17-18H,13H2,1-2H3/t17-,18-/m0/s1. The molecule has 2 aromatic rings. The fourth-order valence-corrected chi connectivity index (χ4v) is 2.84. The lowest BCUT2D eigenvalue weighted by Crippen LogP contribution is -2.30. The maximum absolute atomic E-state index is 12.5. The van der Waals surface area contributed by atoms with E-state index in [2.05, 4.69) is 0 Å². The summed E-state index contributed by atoms with van der Waals surface area (Å²) in [5.74, 6) is -0.563. The zero-order chi connectivity index (χ0) is 16.2.